The Bertz CT molecular complexity index is 1520. The van der Waals surface area contributed by atoms with E-state index in [1.54, 1.807) is 44.2 Å². The van der Waals surface area contributed by atoms with Gasteiger partial charge in [0.2, 0.25) is 0 Å². The number of aromatic nitrogens is 2. The zero-order chi connectivity index (χ0) is 27.0. The van der Waals surface area contributed by atoms with Gasteiger partial charge in [0, 0.05) is 11.1 Å². The second-order valence-corrected chi connectivity index (χ2v) is 9.70. The molecule has 0 radical (unpaired) electrons. The smallest absolute Gasteiger partial charge is 0.390 e. The van der Waals surface area contributed by atoms with E-state index in [1.807, 2.05) is 0 Å². The number of hydrogen-bond donors (Lipinski definition) is 2. The lowest BCUT2D eigenvalue weighted by Gasteiger charge is -2.17. The molecule has 0 bridgehead atoms. The molecule has 0 fully saturated rings. The number of fused-ring (bicyclic) bond motifs is 1. The van der Waals surface area contributed by atoms with E-state index in [-0.39, 0.29) is 21.7 Å². The lowest BCUT2D eigenvalue weighted by atomic mass is 9.98. The predicted octanol–water partition coefficient (Wildman–Crippen LogP) is 6.01. The molecule has 0 saturated carbocycles. The van der Waals surface area contributed by atoms with Gasteiger partial charge in [0.15, 0.2) is 0 Å². The van der Waals surface area contributed by atoms with E-state index < -0.39 is 28.8 Å². The number of alkyl halides is 3. The molecule has 0 saturated heterocycles. The van der Waals surface area contributed by atoms with Crippen LogP contribution in [0.25, 0.3) is 16.5 Å². The van der Waals surface area contributed by atoms with E-state index in [2.05, 4.69) is 10.4 Å². The summed E-state index contributed by atoms with van der Waals surface area (Å²) in [4.78, 5) is 26.1. The first-order valence-electron chi connectivity index (χ1n) is 11.3. The van der Waals surface area contributed by atoms with Crippen LogP contribution < -0.4 is 10.9 Å². The summed E-state index contributed by atoms with van der Waals surface area (Å²) in [7, 11) is 0. The highest BCUT2D eigenvalue weighted by atomic mass is 35.5. The van der Waals surface area contributed by atoms with Gasteiger partial charge in [0.1, 0.15) is 0 Å². The van der Waals surface area contributed by atoms with E-state index in [0.717, 1.165) is 22.4 Å². The van der Waals surface area contributed by atoms with Crippen molar-refractivity contribution in [3.8, 4) is 5.69 Å². The molecule has 1 heterocycles. The maximum atomic E-state index is 13.1. The van der Waals surface area contributed by atoms with Crippen molar-refractivity contribution in [2.45, 2.75) is 38.5 Å². The monoisotopic (exact) mass is 529 g/mol. The van der Waals surface area contributed by atoms with Crippen molar-refractivity contribution in [1.29, 1.82) is 0 Å². The van der Waals surface area contributed by atoms with Crippen molar-refractivity contribution in [3.63, 3.8) is 0 Å². The Morgan fingerprint density at radius 3 is 2.41 bits per heavy atom. The average molecular weight is 530 g/mol. The Balaban J connectivity index is 1.61. The molecule has 0 spiro atoms. The zero-order valence-electron chi connectivity index (χ0n) is 19.9. The van der Waals surface area contributed by atoms with E-state index in [9.17, 15) is 27.9 Å². The Hall–Kier alpha value is -3.69. The summed E-state index contributed by atoms with van der Waals surface area (Å²) in [5.74, 6) is -0.480. The summed E-state index contributed by atoms with van der Waals surface area (Å²) >= 11 is 6.25. The zero-order valence-corrected chi connectivity index (χ0v) is 20.7. The molecule has 0 aliphatic heterocycles. The minimum atomic E-state index is -4.49. The highest BCUT2D eigenvalue weighted by Gasteiger charge is 2.30. The summed E-state index contributed by atoms with van der Waals surface area (Å²) in [6, 6.07) is 13.8. The quantitative estimate of drug-likeness (QED) is 0.320. The van der Waals surface area contributed by atoms with Crippen molar-refractivity contribution in [3.05, 3.63) is 98.9 Å². The predicted molar refractivity (Wildman–Crippen MR) is 136 cm³/mol. The average Bonchev–Trinajstić information content (AvgIpc) is 2.83. The fourth-order valence-electron chi connectivity index (χ4n) is 3.74. The minimum Gasteiger partial charge on any atom is -0.390 e. The van der Waals surface area contributed by atoms with Gasteiger partial charge in [0.05, 0.1) is 39.0 Å². The second kappa shape index (κ2) is 9.99. The molecule has 192 valence electrons. The number of rotatable bonds is 6. The Kier molecular flexibility index (Phi) is 7.12. The van der Waals surface area contributed by atoms with E-state index in [0.29, 0.717) is 23.9 Å². The Morgan fingerprint density at radius 2 is 1.76 bits per heavy atom. The third-order valence-electron chi connectivity index (χ3n) is 5.79. The molecule has 4 aromatic rings. The van der Waals surface area contributed by atoms with Crippen LogP contribution in [0.3, 0.4) is 0 Å². The van der Waals surface area contributed by atoms with Crippen LogP contribution in [0.1, 0.15) is 41.8 Å². The van der Waals surface area contributed by atoms with Crippen LogP contribution in [0.4, 0.5) is 18.9 Å². The lowest BCUT2D eigenvalue weighted by molar-refractivity contribution is -0.137. The van der Waals surface area contributed by atoms with Gasteiger partial charge in [-0.15, -0.1) is 0 Å². The van der Waals surface area contributed by atoms with Gasteiger partial charge >= 0.3 is 6.18 Å². The fourth-order valence-corrected chi connectivity index (χ4v) is 3.95. The number of nitrogens with zero attached hydrogens (tertiary/aromatic N) is 2. The van der Waals surface area contributed by atoms with Crippen LogP contribution in [0, 0.1) is 0 Å². The number of carbonyl (C=O) groups is 1. The maximum absolute atomic E-state index is 13.1. The molecule has 10 heteroatoms. The van der Waals surface area contributed by atoms with E-state index in [4.69, 9.17) is 11.6 Å². The van der Waals surface area contributed by atoms with Crippen molar-refractivity contribution in [2.75, 3.05) is 5.32 Å². The van der Waals surface area contributed by atoms with Crippen LogP contribution in [-0.2, 0) is 12.6 Å². The molecule has 1 amide bonds. The molecule has 37 heavy (non-hydrogen) atoms. The molecule has 0 atom stereocenters. The first-order chi connectivity index (χ1) is 17.3. The fraction of sp³-hybridized carbons (Fsp3) is 0.222. The van der Waals surface area contributed by atoms with Crippen molar-refractivity contribution >= 4 is 34.0 Å². The number of benzene rings is 3. The highest BCUT2D eigenvalue weighted by Crippen LogP contribution is 2.29. The highest BCUT2D eigenvalue weighted by molar-refractivity contribution is 6.34. The van der Waals surface area contributed by atoms with Crippen LogP contribution in [0.15, 0.2) is 71.7 Å². The normalized spacial score (nSPS) is 12.1. The van der Waals surface area contributed by atoms with Crippen LogP contribution in [0.2, 0.25) is 5.02 Å². The number of nitrogens with one attached hydrogen (secondary N) is 1. The van der Waals surface area contributed by atoms with Gasteiger partial charge in [-0.25, -0.2) is 0 Å². The largest absolute Gasteiger partial charge is 0.416 e. The summed E-state index contributed by atoms with van der Waals surface area (Å²) in [6.07, 6.45) is -2.03. The lowest BCUT2D eigenvalue weighted by Crippen LogP contribution is -2.21. The molecular weight excluding hydrogens is 507 g/mol. The number of carbonyl (C=O) groups excluding carboxylic acids is 1. The summed E-state index contributed by atoms with van der Waals surface area (Å²) in [5.41, 5.74) is -0.665. The van der Waals surface area contributed by atoms with Gasteiger partial charge in [-0.2, -0.15) is 23.0 Å². The number of hydrogen-bond acceptors (Lipinski definition) is 4. The third-order valence-corrected chi connectivity index (χ3v) is 6.12. The van der Waals surface area contributed by atoms with Crippen LogP contribution in [-0.4, -0.2) is 26.4 Å². The molecular formula is C27H23ClF3N3O3. The van der Waals surface area contributed by atoms with Gasteiger partial charge in [-0.1, -0.05) is 23.7 Å². The third kappa shape index (κ3) is 6.18. The first kappa shape index (κ1) is 26.4. The van der Waals surface area contributed by atoms with Gasteiger partial charge in [0.25, 0.3) is 11.5 Å². The maximum Gasteiger partial charge on any atom is 0.416 e. The molecule has 1 aromatic heterocycles. The first-order valence-corrected chi connectivity index (χ1v) is 11.7. The van der Waals surface area contributed by atoms with Gasteiger partial charge < -0.3 is 10.4 Å². The van der Waals surface area contributed by atoms with Crippen LogP contribution in [0.5, 0.6) is 0 Å². The SMILES string of the molecule is CC(C)(O)CCc1ccc(Cl)c(C(=O)Nc2ccc3cnn(-c4ccc(C(F)(F)F)cc4)c(=O)c3c2)c1. The van der Waals surface area contributed by atoms with Gasteiger partial charge in [-0.05, 0) is 80.8 Å². The summed E-state index contributed by atoms with van der Waals surface area (Å²) in [6.45, 7) is 3.41. The van der Waals surface area contributed by atoms with Crippen LogP contribution >= 0.6 is 11.6 Å². The van der Waals surface area contributed by atoms with Crippen molar-refractivity contribution in [2.24, 2.45) is 0 Å². The molecule has 0 aliphatic carbocycles. The standard InChI is InChI=1S/C27H23ClF3N3O3/c1-26(2,37)12-11-16-3-10-23(28)22(13-16)24(35)33-19-7-4-17-15-32-34(25(36)21(17)14-19)20-8-5-18(6-9-20)27(29,30)31/h3-10,13-15,37H,11-12H2,1-2H3,(H,33,35). The summed E-state index contributed by atoms with van der Waals surface area (Å²) in [5, 5.41) is 17.7. The summed E-state index contributed by atoms with van der Waals surface area (Å²) < 4.78 is 39.6. The van der Waals surface area contributed by atoms with E-state index in [1.165, 1.54) is 24.4 Å². The second-order valence-electron chi connectivity index (χ2n) is 9.29. The number of aryl methyl sites for hydroxylation is 1. The number of aliphatic hydroxyl groups is 1. The van der Waals surface area contributed by atoms with E-state index >= 15 is 0 Å². The number of amides is 1. The number of anilines is 1. The van der Waals surface area contributed by atoms with Crippen molar-refractivity contribution in [1.82, 2.24) is 9.78 Å². The molecule has 6 nitrogen and oxygen atoms in total. The Morgan fingerprint density at radius 1 is 1.05 bits per heavy atom. The Labute approximate surface area is 215 Å². The van der Waals surface area contributed by atoms with Gasteiger partial charge in [-0.3, -0.25) is 9.59 Å². The molecule has 0 unspecified atom stereocenters. The number of halogens is 4. The van der Waals surface area contributed by atoms with Crippen molar-refractivity contribution < 1.29 is 23.1 Å². The molecule has 3 aromatic carbocycles. The minimum absolute atomic E-state index is 0.170. The topological polar surface area (TPSA) is 84.2 Å². The molecule has 4 rings (SSSR count). The molecule has 0 aliphatic rings. The molecule has 2 N–H and O–H groups in total.